The van der Waals surface area contributed by atoms with Crippen molar-refractivity contribution in [2.75, 3.05) is 26.3 Å². The molecule has 1 aromatic rings. The van der Waals surface area contributed by atoms with Gasteiger partial charge in [0, 0.05) is 13.1 Å². The second kappa shape index (κ2) is 7.87. The molecule has 110 valence electrons. The molecule has 2 amide bonds. The Morgan fingerprint density at radius 1 is 1.40 bits per heavy atom. The van der Waals surface area contributed by atoms with E-state index in [1.165, 1.54) is 0 Å². The van der Waals surface area contributed by atoms with Crippen LogP contribution in [0.25, 0.3) is 0 Å². The van der Waals surface area contributed by atoms with Crippen LogP contribution in [-0.4, -0.2) is 48.4 Å². The van der Waals surface area contributed by atoms with Crippen molar-refractivity contribution < 1.29 is 14.6 Å². The minimum Gasteiger partial charge on any atom is -0.394 e. The molecule has 2 rings (SSSR count). The normalized spacial score (nSPS) is 18.2. The molecule has 1 aliphatic rings. The molecular weight excluding hydrogens is 256 g/mol. The van der Waals surface area contributed by atoms with Crippen molar-refractivity contribution in [3.05, 3.63) is 35.9 Å². The Balaban J connectivity index is 1.60. The zero-order chi connectivity index (χ0) is 14.2. The third kappa shape index (κ3) is 4.21. The number of likely N-dealkylation sites (tertiary alicyclic amines) is 1. The maximum Gasteiger partial charge on any atom is 0.317 e. The highest BCUT2D eigenvalue weighted by atomic mass is 16.5. The highest BCUT2D eigenvalue weighted by Gasteiger charge is 2.27. The molecule has 0 aliphatic carbocycles. The predicted molar refractivity (Wildman–Crippen MR) is 76.3 cm³/mol. The first-order chi connectivity index (χ1) is 9.81. The molecule has 1 aromatic carbocycles. The van der Waals surface area contributed by atoms with Crippen LogP contribution in [0.4, 0.5) is 4.79 Å². The number of carbonyl (C=O) groups excluding carboxylic acids is 1. The van der Waals surface area contributed by atoms with Crippen LogP contribution < -0.4 is 5.32 Å². The van der Waals surface area contributed by atoms with E-state index in [1.807, 2.05) is 30.3 Å². The van der Waals surface area contributed by atoms with E-state index in [4.69, 9.17) is 4.74 Å². The third-order valence-electron chi connectivity index (χ3n) is 3.48. The van der Waals surface area contributed by atoms with Gasteiger partial charge in [-0.05, 0) is 18.4 Å². The number of aliphatic hydroxyl groups is 1. The second-order valence-electron chi connectivity index (χ2n) is 4.94. The van der Waals surface area contributed by atoms with Crippen molar-refractivity contribution in [1.29, 1.82) is 0 Å². The van der Waals surface area contributed by atoms with Crippen LogP contribution in [0.3, 0.4) is 0 Å². The van der Waals surface area contributed by atoms with E-state index in [0.29, 0.717) is 19.8 Å². The molecule has 1 saturated heterocycles. The van der Waals surface area contributed by atoms with Gasteiger partial charge < -0.3 is 20.1 Å². The van der Waals surface area contributed by atoms with Crippen molar-refractivity contribution in [2.45, 2.75) is 25.5 Å². The van der Waals surface area contributed by atoms with Gasteiger partial charge in [-0.25, -0.2) is 4.79 Å². The standard InChI is InChI=1S/C15H22N2O3/c18-11-14-7-4-9-17(14)15(19)16-8-10-20-12-13-5-2-1-3-6-13/h1-3,5-6,14,18H,4,7-12H2,(H,16,19)/t14-/m1/s1. The zero-order valence-electron chi connectivity index (χ0n) is 11.6. The Kier molecular flexibility index (Phi) is 5.83. The average molecular weight is 278 g/mol. The summed E-state index contributed by atoms with van der Waals surface area (Å²) in [6.07, 6.45) is 1.84. The summed E-state index contributed by atoms with van der Waals surface area (Å²) in [6, 6.07) is 9.80. The summed E-state index contributed by atoms with van der Waals surface area (Å²) in [5.41, 5.74) is 1.12. The molecule has 0 saturated carbocycles. The number of benzene rings is 1. The number of carbonyl (C=O) groups is 1. The van der Waals surface area contributed by atoms with Gasteiger partial charge in [-0.2, -0.15) is 0 Å². The summed E-state index contributed by atoms with van der Waals surface area (Å²) in [5.74, 6) is 0. The molecule has 2 N–H and O–H groups in total. The lowest BCUT2D eigenvalue weighted by Crippen LogP contribution is -2.45. The van der Waals surface area contributed by atoms with Crippen molar-refractivity contribution in [1.82, 2.24) is 10.2 Å². The molecule has 5 heteroatoms. The van der Waals surface area contributed by atoms with E-state index in [0.717, 1.165) is 24.9 Å². The van der Waals surface area contributed by atoms with Crippen LogP contribution in [0.15, 0.2) is 30.3 Å². The molecule has 1 fully saturated rings. The first-order valence-electron chi connectivity index (χ1n) is 7.08. The Morgan fingerprint density at radius 2 is 2.20 bits per heavy atom. The molecule has 5 nitrogen and oxygen atoms in total. The van der Waals surface area contributed by atoms with Crippen molar-refractivity contribution in [3.8, 4) is 0 Å². The fourth-order valence-corrected chi connectivity index (χ4v) is 2.39. The van der Waals surface area contributed by atoms with Gasteiger partial charge >= 0.3 is 6.03 Å². The van der Waals surface area contributed by atoms with Crippen LogP contribution in [-0.2, 0) is 11.3 Å². The number of hydrogen-bond acceptors (Lipinski definition) is 3. The monoisotopic (exact) mass is 278 g/mol. The van der Waals surface area contributed by atoms with Crippen molar-refractivity contribution in [2.24, 2.45) is 0 Å². The van der Waals surface area contributed by atoms with Gasteiger partial charge in [-0.1, -0.05) is 30.3 Å². The van der Waals surface area contributed by atoms with Gasteiger partial charge in [0.2, 0.25) is 0 Å². The summed E-state index contributed by atoms with van der Waals surface area (Å²) in [5, 5.41) is 12.0. The van der Waals surface area contributed by atoms with Gasteiger partial charge in [0.1, 0.15) is 0 Å². The first kappa shape index (κ1) is 14.8. The van der Waals surface area contributed by atoms with Crippen molar-refractivity contribution in [3.63, 3.8) is 0 Å². The molecule has 20 heavy (non-hydrogen) atoms. The molecule has 0 spiro atoms. The summed E-state index contributed by atoms with van der Waals surface area (Å²) in [4.78, 5) is 13.6. The molecule has 0 unspecified atom stereocenters. The molecule has 0 radical (unpaired) electrons. The maximum atomic E-state index is 11.9. The SMILES string of the molecule is O=C(NCCOCc1ccccc1)N1CCC[C@@H]1CO. The van der Waals surface area contributed by atoms with Crippen molar-refractivity contribution >= 4 is 6.03 Å². The van der Waals surface area contributed by atoms with Crippen LogP contribution >= 0.6 is 0 Å². The number of nitrogens with zero attached hydrogens (tertiary/aromatic N) is 1. The number of urea groups is 1. The highest BCUT2D eigenvalue weighted by molar-refractivity contribution is 5.74. The summed E-state index contributed by atoms with van der Waals surface area (Å²) in [6.45, 7) is 2.29. The van der Waals surface area contributed by atoms with Gasteiger partial charge in [0.25, 0.3) is 0 Å². The second-order valence-corrected chi connectivity index (χ2v) is 4.94. The number of rotatable bonds is 6. The van der Waals surface area contributed by atoms with E-state index >= 15 is 0 Å². The zero-order valence-corrected chi connectivity index (χ0v) is 11.6. The summed E-state index contributed by atoms with van der Waals surface area (Å²) < 4.78 is 5.50. The Hall–Kier alpha value is -1.59. The Labute approximate surface area is 119 Å². The Bertz CT molecular complexity index is 411. The fraction of sp³-hybridized carbons (Fsp3) is 0.533. The van der Waals surface area contributed by atoms with E-state index in [9.17, 15) is 9.90 Å². The number of hydrogen-bond donors (Lipinski definition) is 2. The number of ether oxygens (including phenoxy) is 1. The lowest BCUT2D eigenvalue weighted by molar-refractivity contribution is 0.118. The van der Waals surface area contributed by atoms with E-state index in [2.05, 4.69) is 5.32 Å². The smallest absolute Gasteiger partial charge is 0.317 e. The molecule has 0 bridgehead atoms. The quantitative estimate of drug-likeness (QED) is 0.773. The van der Waals surface area contributed by atoms with E-state index in [-0.39, 0.29) is 18.7 Å². The lowest BCUT2D eigenvalue weighted by Gasteiger charge is -2.23. The lowest BCUT2D eigenvalue weighted by atomic mass is 10.2. The molecule has 0 aromatic heterocycles. The topological polar surface area (TPSA) is 61.8 Å². The number of nitrogens with one attached hydrogen (secondary N) is 1. The fourth-order valence-electron chi connectivity index (χ4n) is 2.39. The van der Waals surface area contributed by atoms with Crippen LogP contribution in [0.1, 0.15) is 18.4 Å². The molecule has 1 heterocycles. The molecular formula is C15H22N2O3. The Morgan fingerprint density at radius 3 is 2.95 bits per heavy atom. The summed E-state index contributed by atoms with van der Waals surface area (Å²) in [7, 11) is 0. The summed E-state index contributed by atoms with van der Waals surface area (Å²) >= 11 is 0. The van der Waals surface area contributed by atoms with Crippen LogP contribution in [0, 0.1) is 0 Å². The van der Waals surface area contributed by atoms with Gasteiger partial charge in [-0.3, -0.25) is 0 Å². The van der Waals surface area contributed by atoms with E-state index in [1.54, 1.807) is 4.90 Å². The minimum absolute atomic E-state index is 0.0276. The largest absolute Gasteiger partial charge is 0.394 e. The van der Waals surface area contributed by atoms with E-state index < -0.39 is 0 Å². The van der Waals surface area contributed by atoms with Crippen LogP contribution in [0.5, 0.6) is 0 Å². The predicted octanol–water partition coefficient (Wildman–Crippen LogP) is 1.37. The average Bonchev–Trinajstić information content (AvgIpc) is 2.96. The number of aliphatic hydroxyl groups excluding tert-OH is 1. The first-order valence-corrected chi connectivity index (χ1v) is 7.08. The van der Waals surface area contributed by atoms with Gasteiger partial charge in [-0.15, -0.1) is 0 Å². The molecule has 1 atom stereocenters. The number of amides is 2. The molecule has 1 aliphatic heterocycles. The van der Waals surface area contributed by atoms with Crippen LogP contribution in [0.2, 0.25) is 0 Å². The minimum atomic E-state index is -0.107. The van der Waals surface area contributed by atoms with Gasteiger partial charge in [0.15, 0.2) is 0 Å². The third-order valence-corrected chi connectivity index (χ3v) is 3.48. The maximum absolute atomic E-state index is 11.9. The highest BCUT2D eigenvalue weighted by Crippen LogP contribution is 2.16. The van der Waals surface area contributed by atoms with Gasteiger partial charge in [0.05, 0.1) is 25.9 Å².